The third kappa shape index (κ3) is 11.1. The summed E-state index contributed by atoms with van der Waals surface area (Å²) in [5.41, 5.74) is -1.11. The van der Waals surface area contributed by atoms with Crippen molar-refractivity contribution >= 4 is 11.7 Å². The van der Waals surface area contributed by atoms with Crippen molar-refractivity contribution in [1.29, 1.82) is 0 Å². The number of aromatic amines is 1. The van der Waals surface area contributed by atoms with E-state index in [2.05, 4.69) is 10.3 Å². The van der Waals surface area contributed by atoms with Gasteiger partial charge in [0.05, 0.1) is 30.3 Å². The van der Waals surface area contributed by atoms with Crippen LogP contribution in [0, 0.1) is 23.2 Å². The van der Waals surface area contributed by atoms with Crippen molar-refractivity contribution in [3.63, 3.8) is 0 Å². The van der Waals surface area contributed by atoms with Crippen LogP contribution in [-0.2, 0) is 19.0 Å². The summed E-state index contributed by atoms with van der Waals surface area (Å²) >= 11 is 0. The highest BCUT2D eigenvalue weighted by Gasteiger charge is 2.60. The molecule has 1 amide bonds. The van der Waals surface area contributed by atoms with E-state index in [0.717, 1.165) is 5.57 Å². The van der Waals surface area contributed by atoms with Gasteiger partial charge >= 0.3 is 0 Å². The highest BCUT2D eigenvalue weighted by Crippen LogP contribution is 2.44. The zero-order chi connectivity index (χ0) is 42.7. The number of aliphatic hydroxyl groups is 5. The highest BCUT2D eigenvalue weighted by molar-refractivity contribution is 5.99. The van der Waals surface area contributed by atoms with E-state index in [1.54, 1.807) is 88.5 Å². The van der Waals surface area contributed by atoms with Crippen LogP contribution in [0.5, 0.6) is 5.75 Å². The number of methoxy groups -OCH3 is 1. The fraction of sp³-hybridized carbons (Fsp3) is 0.558. The van der Waals surface area contributed by atoms with Gasteiger partial charge in [0.2, 0.25) is 11.7 Å². The summed E-state index contributed by atoms with van der Waals surface area (Å²) in [6.07, 6.45) is 12.1. The second-order valence-electron chi connectivity index (χ2n) is 15.4. The second kappa shape index (κ2) is 21.1. The number of H-pyrrole nitrogens is 1. The Morgan fingerprint density at radius 2 is 1.70 bits per heavy atom. The Morgan fingerprint density at radius 3 is 2.33 bits per heavy atom. The summed E-state index contributed by atoms with van der Waals surface area (Å²) in [5, 5.41) is 67.8. The third-order valence-corrected chi connectivity index (χ3v) is 10.9. The standard InChI is InChI=1S/C43H62N2O12/c1-9-11-13-21-31-42(6,7)38(50)39(51)43(54,57-31)28(10-2)40(52)44-23-17-16-19-26(4)36(55-8)27(5)37-35(49)34(48)30(56-37)20-15-12-14-18-25(3)33(47)32-29(46)22-24-45-41(32)53/h9,11-17,19-22,24-25,27-28,30-31,34-39,48-51,54H,10,18,23H2,1-8H3,(H,44,52)(H2,45,46,53)/b11-9-,14-12+,17-16+,20-15+,21-13+,26-19+/t25?,27-,28-,30-,31+,34+,35+,36-,37+,38+,39-,43-/m1/s1. The molecule has 3 rings (SSSR count). The molecule has 12 atom stereocenters. The monoisotopic (exact) mass is 798 g/mol. The van der Waals surface area contributed by atoms with Gasteiger partial charge < -0.3 is 55.2 Å². The molecule has 3 heterocycles. The number of ether oxygens (including phenoxy) is 3. The van der Waals surface area contributed by atoms with E-state index in [9.17, 15) is 45.0 Å². The number of rotatable bonds is 18. The fourth-order valence-corrected chi connectivity index (χ4v) is 7.32. The van der Waals surface area contributed by atoms with Crippen molar-refractivity contribution in [2.24, 2.45) is 23.2 Å². The molecule has 0 spiro atoms. The number of Topliss-reactive ketones (excluding diaryl/α,β-unsaturated/α-hetero) is 1. The lowest BCUT2D eigenvalue weighted by atomic mass is 9.71. The lowest BCUT2D eigenvalue weighted by Crippen LogP contribution is -2.69. The van der Waals surface area contributed by atoms with Crippen LogP contribution in [0.15, 0.2) is 89.5 Å². The smallest absolute Gasteiger partial charge is 0.262 e. The Kier molecular flexibility index (Phi) is 17.6. The summed E-state index contributed by atoms with van der Waals surface area (Å²) in [7, 11) is 1.53. The predicted molar refractivity (Wildman–Crippen MR) is 215 cm³/mol. The fourth-order valence-electron chi connectivity index (χ4n) is 7.32. The van der Waals surface area contributed by atoms with Crippen molar-refractivity contribution in [1.82, 2.24) is 10.3 Å². The molecule has 14 nitrogen and oxygen atoms in total. The third-order valence-electron chi connectivity index (χ3n) is 10.9. The highest BCUT2D eigenvalue weighted by atomic mass is 16.7. The van der Waals surface area contributed by atoms with E-state index in [1.165, 1.54) is 19.4 Å². The average Bonchev–Trinajstić information content (AvgIpc) is 3.45. The zero-order valence-electron chi connectivity index (χ0n) is 34.1. The first-order valence-electron chi connectivity index (χ1n) is 19.4. The minimum absolute atomic E-state index is 0.0852. The van der Waals surface area contributed by atoms with E-state index in [1.807, 2.05) is 26.8 Å². The van der Waals surface area contributed by atoms with Crippen LogP contribution in [0.2, 0.25) is 0 Å². The van der Waals surface area contributed by atoms with Crippen molar-refractivity contribution < 1.29 is 54.4 Å². The molecule has 0 radical (unpaired) electrons. The van der Waals surface area contributed by atoms with Crippen LogP contribution in [0.1, 0.15) is 71.7 Å². The number of amides is 1. The topological polar surface area (TPSA) is 228 Å². The number of ketones is 1. The van der Waals surface area contributed by atoms with Gasteiger partial charge in [0.15, 0.2) is 5.78 Å². The number of carbonyl (C=O) groups is 2. The van der Waals surface area contributed by atoms with E-state index in [0.29, 0.717) is 0 Å². The van der Waals surface area contributed by atoms with Crippen LogP contribution >= 0.6 is 0 Å². The average molecular weight is 799 g/mol. The Morgan fingerprint density at radius 1 is 1.02 bits per heavy atom. The molecular weight excluding hydrogens is 736 g/mol. The Hall–Kier alpha value is -3.99. The number of aromatic nitrogens is 1. The molecule has 316 valence electrons. The molecule has 14 heteroatoms. The summed E-state index contributed by atoms with van der Waals surface area (Å²) in [5.74, 6) is -5.93. The maximum atomic E-state index is 13.3. The van der Waals surface area contributed by atoms with Crippen LogP contribution in [-0.4, -0.2) is 116 Å². The molecule has 2 aliphatic heterocycles. The molecule has 0 bridgehead atoms. The van der Waals surface area contributed by atoms with Gasteiger partial charge in [0.1, 0.15) is 35.7 Å². The molecular formula is C43H62N2O12. The van der Waals surface area contributed by atoms with Gasteiger partial charge in [0.25, 0.3) is 5.56 Å². The summed E-state index contributed by atoms with van der Waals surface area (Å²) < 4.78 is 17.8. The number of hydrogen-bond acceptors (Lipinski definition) is 12. The maximum absolute atomic E-state index is 13.3. The zero-order valence-corrected chi connectivity index (χ0v) is 34.1. The minimum Gasteiger partial charge on any atom is -0.507 e. The lowest BCUT2D eigenvalue weighted by molar-refractivity contribution is -0.359. The van der Waals surface area contributed by atoms with Gasteiger partial charge in [0, 0.05) is 37.1 Å². The molecule has 2 fully saturated rings. The number of aliphatic hydroxyl groups excluding tert-OH is 4. The number of hydrogen-bond donors (Lipinski definition) is 8. The number of allylic oxidation sites excluding steroid dienone is 8. The quantitative estimate of drug-likeness (QED) is 0.0792. The Labute approximate surface area is 335 Å². The number of carbonyl (C=O) groups excluding carboxylic acids is 2. The van der Waals surface area contributed by atoms with E-state index >= 15 is 0 Å². The first-order chi connectivity index (χ1) is 26.9. The van der Waals surface area contributed by atoms with Crippen LogP contribution in [0.4, 0.5) is 0 Å². The molecule has 2 aliphatic rings. The van der Waals surface area contributed by atoms with Gasteiger partial charge in [-0.25, -0.2) is 0 Å². The van der Waals surface area contributed by atoms with E-state index in [4.69, 9.17) is 14.2 Å². The normalized spacial score (nSPS) is 30.5. The molecule has 2 saturated heterocycles. The van der Waals surface area contributed by atoms with E-state index < -0.39 is 95.0 Å². The Bertz CT molecular complexity index is 1740. The molecule has 1 unspecified atom stereocenters. The first kappa shape index (κ1) is 47.4. The molecule has 8 N–H and O–H groups in total. The van der Waals surface area contributed by atoms with Crippen LogP contribution in [0.3, 0.4) is 0 Å². The Balaban J connectivity index is 1.58. The lowest BCUT2D eigenvalue weighted by Gasteiger charge is -2.53. The summed E-state index contributed by atoms with van der Waals surface area (Å²) in [6.45, 7) is 12.4. The first-order valence-corrected chi connectivity index (χ1v) is 19.4. The van der Waals surface area contributed by atoms with Crippen molar-refractivity contribution in [2.45, 2.75) is 116 Å². The van der Waals surface area contributed by atoms with Crippen molar-refractivity contribution in [3.05, 3.63) is 101 Å². The largest absolute Gasteiger partial charge is 0.507 e. The molecule has 1 aromatic rings. The van der Waals surface area contributed by atoms with Crippen molar-refractivity contribution in [3.8, 4) is 5.75 Å². The summed E-state index contributed by atoms with van der Waals surface area (Å²) in [4.78, 5) is 40.4. The van der Waals surface area contributed by atoms with Crippen molar-refractivity contribution in [2.75, 3.05) is 13.7 Å². The van der Waals surface area contributed by atoms with Gasteiger partial charge in [-0.3, -0.25) is 14.4 Å². The summed E-state index contributed by atoms with van der Waals surface area (Å²) in [6, 6.07) is 1.25. The van der Waals surface area contributed by atoms with Gasteiger partial charge in [-0.05, 0) is 38.3 Å². The molecule has 0 saturated carbocycles. The number of pyridine rings is 1. The number of aromatic hydroxyl groups is 1. The molecule has 0 aliphatic carbocycles. The van der Waals surface area contributed by atoms with Crippen LogP contribution < -0.4 is 10.9 Å². The molecule has 1 aromatic heterocycles. The van der Waals surface area contributed by atoms with E-state index in [-0.39, 0.29) is 30.7 Å². The van der Waals surface area contributed by atoms with Crippen LogP contribution in [0.25, 0.3) is 0 Å². The van der Waals surface area contributed by atoms with Gasteiger partial charge in [-0.2, -0.15) is 0 Å². The molecule has 0 aromatic carbocycles. The number of nitrogens with one attached hydrogen (secondary N) is 2. The second-order valence-corrected chi connectivity index (χ2v) is 15.4. The SMILES string of the molecule is C/C=C\C=C\[C@@H]1O[C@](O)([C@H](CC)C(=O)NC/C=C/C=C(\C)[C@@H](OC)[C@@H](C)[C@@H]2O[C@H](/C=C/C=C/CC(C)C(=O)c3c(O)cc[nH]c3=O)[C@H](O)[C@@H]2O)[C@H](O)[C@H](O)C1(C)C. The van der Waals surface area contributed by atoms with Gasteiger partial charge in [-0.1, -0.05) is 101 Å². The molecule has 57 heavy (non-hydrogen) atoms. The maximum Gasteiger partial charge on any atom is 0.262 e. The minimum atomic E-state index is -2.34. The van der Waals surface area contributed by atoms with Gasteiger partial charge in [-0.15, -0.1) is 0 Å². The predicted octanol–water partition coefficient (Wildman–Crippen LogP) is 3.15.